The third-order valence-electron chi connectivity index (χ3n) is 4.45. The molecular weight excluding hydrogens is 294 g/mol. The van der Waals surface area contributed by atoms with E-state index in [2.05, 4.69) is 42.3 Å². The van der Waals surface area contributed by atoms with Gasteiger partial charge in [0, 0.05) is 0 Å². The first-order valence-electron chi connectivity index (χ1n) is 8.98. The molecule has 0 radical (unpaired) electrons. The second kappa shape index (κ2) is 8.52. The van der Waals surface area contributed by atoms with Crippen LogP contribution in [0.2, 0.25) is 0 Å². The minimum atomic E-state index is 0.431. The maximum Gasteiger partial charge on any atom is 0.119 e. The van der Waals surface area contributed by atoms with Crippen molar-refractivity contribution in [1.29, 1.82) is 0 Å². The van der Waals surface area contributed by atoms with Gasteiger partial charge in [0.05, 0.1) is 18.2 Å². The second-order valence-corrected chi connectivity index (χ2v) is 6.23. The van der Waals surface area contributed by atoms with Gasteiger partial charge < -0.3 is 4.74 Å². The summed E-state index contributed by atoms with van der Waals surface area (Å²) in [4.78, 5) is 4.78. The summed E-state index contributed by atoms with van der Waals surface area (Å²) in [5.41, 5.74) is 3.34. The van der Waals surface area contributed by atoms with Gasteiger partial charge in [-0.1, -0.05) is 49.6 Å². The maximum absolute atomic E-state index is 5.55. The summed E-state index contributed by atoms with van der Waals surface area (Å²) in [5, 5.41) is 0. The van der Waals surface area contributed by atoms with E-state index in [-0.39, 0.29) is 0 Å². The van der Waals surface area contributed by atoms with E-state index in [9.17, 15) is 0 Å². The SMILES string of the molecule is CCOc1ccc(C(=C=NC2CCCCC2)c2ccccc2)cc1. The number of benzene rings is 2. The van der Waals surface area contributed by atoms with Gasteiger partial charge in [-0.3, -0.25) is 0 Å². The topological polar surface area (TPSA) is 21.6 Å². The standard InChI is InChI=1S/C22H25NO/c1-2-24-21-15-13-19(14-16-21)22(18-9-5-3-6-10-18)17-23-20-11-7-4-8-12-20/h3,5-6,9-10,13-16,20H,2,4,7-8,11-12H2,1H3. The molecule has 0 bridgehead atoms. The van der Waals surface area contributed by atoms with E-state index in [0.29, 0.717) is 12.6 Å². The number of rotatable bonds is 5. The number of ether oxygens (including phenoxy) is 1. The predicted octanol–water partition coefficient (Wildman–Crippen LogP) is 5.52. The zero-order valence-corrected chi connectivity index (χ0v) is 14.4. The minimum absolute atomic E-state index is 0.431. The number of nitrogens with zero attached hydrogens (tertiary/aromatic N) is 1. The van der Waals surface area contributed by atoms with E-state index < -0.39 is 0 Å². The van der Waals surface area contributed by atoms with Gasteiger partial charge in [0.25, 0.3) is 0 Å². The lowest BCUT2D eigenvalue weighted by molar-refractivity contribution is 0.340. The molecule has 1 aliphatic rings. The first kappa shape index (κ1) is 16.5. The van der Waals surface area contributed by atoms with Crippen molar-refractivity contribution >= 4 is 11.4 Å². The second-order valence-electron chi connectivity index (χ2n) is 6.23. The van der Waals surface area contributed by atoms with E-state index in [4.69, 9.17) is 9.73 Å². The van der Waals surface area contributed by atoms with Crippen LogP contribution in [0.1, 0.15) is 50.2 Å². The van der Waals surface area contributed by atoms with Gasteiger partial charge in [0.15, 0.2) is 0 Å². The molecule has 24 heavy (non-hydrogen) atoms. The van der Waals surface area contributed by atoms with Gasteiger partial charge in [-0.05, 0) is 61.0 Å². The number of hydrogen-bond acceptors (Lipinski definition) is 2. The highest BCUT2D eigenvalue weighted by Crippen LogP contribution is 2.24. The minimum Gasteiger partial charge on any atom is -0.494 e. The van der Waals surface area contributed by atoms with Gasteiger partial charge in [-0.15, -0.1) is 0 Å². The van der Waals surface area contributed by atoms with E-state index in [0.717, 1.165) is 22.4 Å². The number of aliphatic imine (C=N–C) groups is 1. The van der Waals surface area contributed by atoms with E-state index in [1.54, 1.807) is 0 Å². The molecule has 124 valence electrons. The quantitative estimate of drug-likeness (QED) is 0.665. The van der Waals surface area contributed by atoms with Crippen molar-refractivity contribution in [1.82, 2.24) is 0 Å². The lowest BCUT2D eigenvalue weighted by Crippen LogP contribution is -2.08. The Bertz CT molecular complexity index is 691. The molecule has 0 N–H and O–H groups in total. The highest BCUT2D eigenvalue weighted by molar-refractivity contribution is 5.98. The van der Waals surface area contributed by atoms with Crippen LogP contribution in [-0.4, -0.2) is 18.5 Å². The average molecular weight is 319 g/mol. The smallest absolute Gasteiger partial charge is 0.119 e. The molecule has 2 aromatic rings. The zero-order valence-electron chi connectivity index (χ0n) is 14.4. The van der Waals surface area contributed by atoms with Crippen molar-refractivity contribution in [2.24, 2.45) is 4.99 Å². The van der Waals surface area contributed by atoms with Crippen LogP contribution in [0.15, 0.2) is 59.6 Å². The first-order chi connectivity index (χ1) is 11.9. The van der Waals surface area contributed by atoms with E-state index in [1.807, 2.05) is 25.1 Å². The molecule has 0 saturated heterocycles. The molecule has 2 aromatic carbocycles. The highest BCUT2D eigenvalue weighted by Gasteiger charge is 2.11. The van der Waals surface area contributed by atoms with Gasteiger partial charge >= 0.3 is 0 Å². The Balaban J connectivity index is 1.94. The molecule has 0 aliphatic heterocycles. The molecule has 0 atom stereocenters. The average Bonchev–Trinajstić information content (AvgIpc) is 2.65. The molecule has 2 heteroatoms. The van der Waals surface area contributed by atoms with Crippen LogP contribution in [0.3, 0.4) is 0 Å². The van der Waals surface area contributed by atoms with E-state index >= 15 is 0 Å². The van der Waals surface area contributed by atoms with Gasteiger partial charge in [0.1, 0.15) is 5.75 Å². The fraction of sp³-hybridized carbons (Fsp3) is 0.364. The lowest BCUT2D eigenvalue weighted by atomic mass is 9.96. The van der Waals surface area contributed by atoms with Gasteiger partial charge in [-0.2, -0.15) is 0 Å². The molecule has 0 heterocycles. The van der Waals surface area contributed by atoms with Gasteiger partial charge in [-0.25, -0.2) is 4.99 Å². The molecule has 0 unspecified atom stereocenters. The molecule has 0 aromatic heterocycles. The summed E-state index contributed by atoms with van der Waals surface area (Å²) < 4.78 is 5.55. The molecule has 1 fully saturated rings. The molecule has 3 rings (SSSR count). The first-order valence-corrected chi connectivity index (χ1v) is 8.98. The van der Waals surface area contributed by atoms with Crippen molar-refractivity contribution in [3.63, 3.8) is 0 Å². The van der Waals surface area contributed by atoms with Crippen LogP contribution < -0.4 is 4.74 Å². The van der Waals surface area contributed by atoms with Gasteiger partial charge in [0.2, 0.25) is 0 Å². The molecule has 1 saturated carbocycles. The highest BCUT2D eigenvalue weighted by atomic mass is 16.5. The lowest BCUT2D eigenvalue weighted by Gasteiger charge is -2.16. The Labute approximate surface area is 144 Å². The Hall–Kier alpha value is -2.31. The Morgan fingerprint density at radius 3 is 2.29 bits per heavy atom. The van der Waals surface area contributed by atoms with Crippen LogP contribution in [0.4, 0.5) is 0 Å². The predicted molar refractivity (Wildman–Crippen MR) is 101 cm³/mol. The summed E-state index contributed by atoms with van der Waals surface area (Å²) in [6.07, 6.45) is 6.32. The van der Waals surface area contributed by atoms with Crippen LogP contribution >= 0.6 is 0 Å². The van der Waals surface area contributed by atoms with Crippen molar-refractivity contribution in [2.75, 3.05) is 6.61 Å². The summed E-state index contributed by atoms with van der Waals surface area (Å²) in [6, 6.07) is 19.1. The van der Waals surface area contributed by atoms with Crippen molar-refractivity contribution < 1.29 is 4.74 Å². The molecule has 0 spiro atoms. The third kappa shape index (κ3) is 4.37. The summed E-state index contributed by atoms with van der Waals surface area (Å²) in [5.74, 6) is 4.28. The third-order valence-corrected chi connectivity index (χ3v) is 4.45. The maximum atomic E-state index is 5.55. The Morgan fingerprint density at radius 1 is 0.958 bits per heavy atom. The fourth-order valence-corrected chi connectivity index (χ4v) is 3.15. The molecule has 1 aliphatic carbocycles. The number of hydrogen-bond donors (Lipinski definition) is 0. The van der Waals surface area contributed by atoms with E-state index in [1.165, 1.54) is 32.1 Å². The van der Waals surface area contributed by atoms with Crippen LogP contribution in [0.5, 0.6) is 5.75 Å². The molecule has 2 nitrogen and oxygen atoms in total. The van der Waals surface area contributed by atoms with Crippen molar-refractivity contribution in [3.05, 3.63) is 65.7 Å². The zero-order chi connectivity index (χ0) is 16.6. The monoisotopic (exact) mass is 319 g/mol. The molecular formula is C22H25NO. The summed E-state index contributed by atoms with van der Waals surface area (Å²) in [7, 11) is 0. The normalized spacial score (nSPS) is 14.7. The van der Waals surface area contributed by atoms with Crippen molar-refractivity contribution in [3.8, 4) is 5.75 Å². The van der Waals surface area contributed by atoms with Crippen LogP contribution in [-0.2, 0) is 0 Å². The largest absolute Gasteiger partial charge is 0.494 e. The summed E-state index contributed by atoms with van der Waals surface area (Å²) >= 11 is 0. The Kier molecular flexibility index (Phi) is 5.87. The van der Waals surface area contributed by atoms with Crippen molar-refractivity contribution in [2.45, 2.75) is 45.1 Å². The van der Waals surface area contributed by atoms with Crippen LogP contribution in [0.25, 0.3) is 5.57 Å². The summed E-state index contributed by atoms with van der Waals surface area (Å²) in [6.45, 7) is 2.68. The molecule has 0 amide bonds. The Morgan fingerprint density at radius 2 is 1.62 bits per heavy atom. The van der Waals surface area contributed by atoms with Crippen LogP contribution in [0, 0.1) is 0 Å². The fourth-order valence-electron chi connectivity index (χ4n) is 3.15.